The molecule has 132 valence electrons. The lowest BCUT2D eigenvalue weighted by Gasteiger charge is -2.10. The summed E-state index contributed by atoms with van der Waals surface area (Å²) in [4.78, 5) is 0. The number of ether oxygens (including phenoxy) is 1. The Balaban J connectivity index is 0. The Kier molecular flexibility index (Phi) is 15.3. The predicted octanol–water partition coefficient (Wildman–Crippen LogP) is 8.05. The fraction of sp³-hybridized carbons (Fsp3) is 0.524. The lowest BCUT2D eigenvalue weighted by molar-refractivity contribution is 0.316. The van der Waals surface area contributed by atoms with E-state index in [-0.39, 0.29) is 0 Å². The van der Waals surface area contributed by atoms with Crippen LogP contribution >= 0.6 is 15.9 Å². The normalized spacial score (nSPS) is 8.91. The Morgan fingerprint density at radius 3 is 2.00 bits per heavy atom. The zero-order valence-corrected chi connectivity index (χ0v) is 17.9. The second-order valence-electron chi connectivity index (χ2n) is 5.40. The third-order valence-corrected chi connectivity index (χ3v) is 3.74. The van der Waals surface area contributed by atoms with Crippen molar-refractivity contribution in [3.05, 3.63) is 46.0 Å². The van der Waals surface area contributed by atoms with Crippen molar-refractivity contribution >= 4 is 21.5 Å². The molecule has 0 amide bonds. The highest BCUT2D eigenvalue weighted by atomic mass is 79.9. The second-order valence-corrected chi connectivity index (χ2v) is 6.32. The fourth-order valence-electron chi connectivity index (χ4n) is 1.53. The summed E-state index contributed by atoms with van der Waals surface area (Å²) in [7, 11) is 0. The molecule has 0 atom stereocenters. The Morgan fingerprint density at radius 2 is 1.65 bits per heavy atom. The number of halogens is 1. The summed E-state index contributed by atoms with van der Waals surface area (Å²) in [5.41, 5.74) is 5.09. The molecule has 23 heavy (non-hydrogen) atoms. The van der Waals surface area contributed by atoms with Gasteiger partial charge in [-0.2, -0.15) is 0 Å². The second kappa shape index (κ2) is 14.6. The van der Waals surface area contributed by atoms with Gasteiger partial charge in [-0.3, -0.25) is 0 Å². The van der Waals surface area contributed by atoms with Gasteiger partial charge in [-0.25, -0.2) is 0 Å². The fourth-order valence-corrected chi connectivity index (χ4v) is 1.87. The van der Waals surface area contributed by atoms with Crippen molar-refractivity contribution in [1.82, 2.24) is 0 Å². The van der Waals surface area contributed by atoms with Crippen LogP contribution in [0, 0.1) is 0 Å². The van der Waals surface area contributed by atoms with Crippen LogP contribution in [0.5, 0.6) is 5.75 Å². The molecule has 0 aliphatic rings. The Bertz CT molecular complexity index is 483. The van der Waals surface area contributed by atoms with Crippen LogP contribution in [0.15, 0.2) is 40.4 Å². The van der Waals surface area contributed by atoms with E-state index in [0.29, 0.717) is 0 Å². The first kappa shape index (κ1) is 24.2. The van der Waals surface area contributed by atoms with E-state index in [0.717, 1.165) is 34.4 Å². The molecule has 0 unspecified atom stereocenters. The zero-order chi connectivity index (χ0) is 18.4. The van der Waals surface area contributed by atoms with E-state index < -0.39 is 0 Å². The molecule has 2 heteroatoms. The molecular weight excluding hydrogens is 348 g/mol. The van der Waals surface area contributed by atoms with Crippen molar-refractivity contribution < 1.29 is 4.74 Å². The van der Waals surface area contributed by atoms with Crippen molar-refractivity contribution in [1.29, 1.82) is 0 Å². The molecule has 0 saturated carbocycles. The van der Waals surface area contributed by atoms with Crippen molar-refractivity contribution in [3.63, 3.8) is 0 Å². The molecule has 1 aromatic carbocycles. The van der Waals surface area contributed by atoms with Crippen LogP contribution in [0.25, 0.3) is 5.57 Å². The maximum Gasteiger partial charge on any atom is 0.127 e. The molecule has 0 aliphatic heterocycles. The van der Waals surface area contributed by atoms with E-state index >= 15 is 0 Å². The number of hydrogen-bond acceptors (Lipinski definition) is 1. The van der Waals surface area contributed by atoms with Crippen LogP contribution in [0.3, 0.4) is 0 Å². The average Bonchev–Trinajstić information content (AvgIpc) is 2.54. The predicted molar refractivity (Wildman–Crippen MR) is 110 cm³/mol. The minimum absolute atomic E-state index is 0.747. The van der Waals surface area contributed by atoms with Crippen LogP contribution in [0.4, 0.5) is 0 Å². The molecule has 0 aliphatic carbocycles. The minimum Gasteiger partial charge on any atom is -0.493 e. The van der Waals surface area contributed by atoms with Crippen LogP contribution in [0.1, 0.15) is 73.8 Å². The van der Waals surface area contributed by atoms with Gasteiger partial charge in [-0.1, -0.05) is 61.4 Å². The van der Waals surface area contributed by atoms with Crippen LogP contribution in [-0.4, -0.2) is 6.61 Å². The molecule has 0 radical (unpaired) electrons. The molecule has 0 N–H and O–H groups in total. The van der Waals surface area contributed by atoms with Gasteiger partial charge >= 0.3 is 0 Å². The van der Waals surface area contributed by atoms with Crippen LogP contribution < -0.4 is 4.74 Å². The lowest BCUT2D eigenvalue weighted by Crippen LogP contribution is -1.97. The van der Waals surface area contributed by atoms with E-state index in [4.69, 9.17) is 4.74 Å². The smallest absolute Gasteiger partial charge is 0.127 e. The summed E-state index contributed by atoms with van der Waals surface area (Å²) in [6.45, 7) is 21.4. The summed E-state index contributed by atoms with van der Waals surface area (Å²) in [6.07, 6.45) is 2.21. The molecule has 0 bridgehead atoms. The Labute approximate surface area is 153 Å². The van der Waals surface area contributed by atoms with Gasteiger partial charge in [-0.15, -0.1) is 0 Å². The van der Waals surface area contributed by atoms with Crippen molar-refractivity contribution in [2.45, 2.75) is 68.2 Å². The van der Waals surface area contributed by atoms with Crippen LogP contribution in [0.2, 0.25) is 0 Å². The summed E-state index contributed by atoms with van der Waals surface area (Å²) in [5.74, 6) is 0.911. The maximum absolute atomic E-state index is 5.64. The first-order valence-electron chi connectivity index (χ1n) is 8.54. The average molecular weight is 383 g/mol. The molecule has 0 spiro atoms. The number of allylic oxidation sites excluding steroid dienone is 3. The summed E-state index contributed by atoms with van der Waals surface area (Å²) >= 11 is 3.43. The Hall–Kier alpha value is -1.02. The highest BCUT2D eigenvalue weighted by molar-refractivity contribution is 9.10. The maximum atomic E-state index is 5.64. The highest BCUT2D eigenvalue weighted by Gasteiger charge is 2.04. The molecule has 0 fully saturated rings. The van der Waals surface area contributed by atoms with Gasteiger partial charge in [-0.05, 0) is 64.3 Å². The van der Waals surface area contributed by atoms with Gasteiger partial charge in [0.15, 0.2) is 0 Å². The molecule has 0 saturated heterocycles. The molecule has 1 nitrogen and oxygen atoms in total. The minimum atomic E-state index is 0.747. The van der Waals surface area contributed by atoms with E-state index in [9.17, 15) is 0 Å². The highest BCUT2D eigenvalue weighted by Crippen LogP contribution is 2.28. The molecule has 1 aromatic rings. The molecule has 0 heterocycles. The monoisotopic (exact) mass is 382 g/mol. The van der Waals surface area contributed by atoms with E-state index in [1.54, 1.807) is 0 Å². The number of rotatable bonds is 5. The molecule has 0 aromatic heterocycles. The number of hydrogen-bond donors (Lipinski definition) is 0. The van der Waals surface area contributed by atoms with Gasteiger partial charge in [0, 0.05) is 10.0 Å². The largest absolute Gasteiger partial charge is 0.493 e. The van der Waals surface area contributed by atoms with Crippen LogP contribution in [-0.2, 0) is 0 Å². The number of benzene rings is 1. The van der Waals surface area contributed by atoms with Gasteiger partial charge in [0.2, 0.25) is 0 Å². The van der Waals surface area contributed by atoms with E-state index in [1.165, 1.54) is 17.6 Å². The molecule has 1 rings (SSSR count). The lowest BCUT2D eigenvalue weighted by atomic mass is 10.1. The van der Waals surface area contributed by atoms with Crippen molar-refractivity contribution in [2.24, 2.45) is 0 Å². The SMILES string of the molecule is C=C(C)c1ccc(Br)cc1OCCC.CC.CCC(C)=C(C)C. The van der Waals surface area contributed by atoms with Crippen molar-refractivity contribution in [3.8, 4) is 5.75 Å². The third kappa shape index (κ3) is 11.2. The third-order valence-electron chi connectivity index (χ3n) is 3.25. The van der Waals surface area contributed by atoms with E-state index in [1.807, 2.05) is 39.0 Å². The quantitative estimate of drug-likeness (QED) is 0.467. The first-order chi connectivity index (χ1) is 10.8. The Morgan fingerprint density at radius 1 is 1.09 bits per heavy atom. The summed E-state index contributed by atoms with van der Waals surface area (Å²) in [6, 6.07) is 6.01. The van der Waals surface area contributed by atoms with Crippen molar-refractivity contribution in [2.75, 3.05) is 6.61 Å². The van der Waals surface area contributed by atoms with E-state index in [2.05, 4.69) is 57.1 Å². The molecular formula is C21H35BrO. The zero-order valence-electron chi connectivity index (χ0n) is 16.3. The van der Waals surface area contributed by atoms with Gasteiger partial charge in [0.25, 0.3) is 0 Å². The van der Waals surface area contributed by atoms with Gasteiger partial charge in [0.05, 0.1) is 6.61 Å². The first-order valence-corrected chi connectivity index (χ1v) is 9.33. The van der Waals surface area contributed by atoms with Gasteiger partial charge < -0.3 is 4.74 Å². The summed E-state index contributed by atoms with van der Waals surface area (Å²) < 4.78 is 6.67. The topological polar surface area (TPSA) is 9.23 Å². The standard InChI is InChI=1S/C12H15BrO.C7H14.C2H6/c1-4-7-14-12-8-10(13)5-6-11(12)9(2)3;1-5-7(4)6(2)3;1-2/h5-6,8H,2,4,7H2,1,3H3;5H2,1-4H3;1-2H3. The van der Waals surface area contributed by atoms with Gasteiger partial charge in [0.1, 0.15) is 5.75 Å². The summed E-state index contributed by atoms with van der Waals surface area (Å²) in [5, 5.41) is 0.